The molecule has 2 fully saturated rings. The Morgan fingerprint density at radius 3 is 2.48 bits per heavy atom. The van der Waals surface area contributed by atoms with Gasteiger partial charge >= 0.3 is 12.0 Å². The molecule has 7 heteroatoms. The number of hydrogen-bond acceptors (Lipinski definition) is 4. The number of carboxylic acids is 1. The number of carbonyl (C=O) groups is 2. The molecule has 0 radical (unpaired) electrons. The molecule has 1 saturated heterocycles. The van der Waals surface area contributed by atoms with E-state index < -0.39 is 11.5 Å². The van der Waals surface area contributed by atoms with Crippen LogP contribution in [0.15, 0.2) is 0 Å². The van der Waals surface area contributed by atoms with Crippen molar-refractivity contribution >= 4 is 12.0 Å². The summed E-state index contributed by atoms with van der Waals surface area (Å²) in [6.07, 6.45) is 3.59. The van der Waals surface area contributed by atoms with Crippen LogP contribution < -0.4 is 10.6 Å². The number of ether oxygens (including phenoxy) is 1. The molecule has 1 aliphatic carbocycles. The molecule has 2 aliphatic rings. The van der Waals surface area contributed by atoms with Crippen LogP contribution in [0.2, 0.25) is 0 Å². The first-order valence-electron chi connectivity index (χ1n) is 7.72. The standard InChI is InChI=1S/C14H25N3O4/c18-12(19)14(4-1-2-5-14)16-13(20)15-6-3-7-17-8-10-21-11-9-17/h1-11H2,(H,18,19)(H2,15,16,20). The maximum absolute atomic E-state index is 11.8. The van der Waals surface area contributed by atoms with Crippen molar-refractivity contribution in [1.29, 1.82) is 0 Å². The number of hydrogen-bond donors (Lipinski definition) is 3. The van der Waals surface area contributed by atoms with Gasteiger partial charge in [-0.25, -0.2) is 9.59 Å². The highest BCUT2D eigenvalue weighted by molar-refractivity contribution is 5.86. The number of amides is 2. The Kier molecular flexibility index (Phi) is 5.81. The first-order chi connectivity index (χ1) is 10.1. The van der Waals surface area contributed by atoms with Gasteiger partial charge in [-0.05, 0) is 25.8 Å². The van der Waals surface area contributed by atoms with Crippen LogP contribution in [0.25, 0.3) is 0 Å². The van der Waals surface area contributed by atoms with Crippen molar-refractivity contribution in [3.8, 4) is 0 Å². The Labute approximate surface area is 125 Å². The van der Waals surface area contributed by atoms with E-state index in [0.717, 1.165) is 52.1 Å². The lowest BCUT2D eigenvalue weighted by Crippen LogP contribution is -2.55. The minimum Gasteiger partial charge on any atom is -0.480 e. The number of rotatable bonds is 6. The molecule has 21 heavy (non-hydrogen) atoms. The van der Waals surface area contributed by atoms with E-state index in [1.807, 2.05) is 0 Å². The van der Waals surface area contributed by atoms with Crippen molar-refractivity contribution in [3.05, 3.63) is 0 Å². The van der Waals surface area contributed by atoms with E-state index in [2.05, 4.69) is 15.5 Å². The summed E-state index contributed by atoms with van der Waals surface area (Å²) >= 11 is 0. The zero-order valence-corrected chi connectivity index (χ0v) is 12.4. The van der Waals surface area contributed by atoms with Crippen molar-refractivity contribution in [2.24, 2.45) is 0 Å². The van der Waals surface area contributed by atoms with E-state index in [4.69, 9.17) is 4.74 Å². The number of carboxylic acid groups (broad SMARTS) is 1. The summed E-state index contributed by atoms with van der Waals surface area (Å²) in [6, 6.07) is -0.374. The molecule has 0 unspecified atom stereocenters. The molecule has 0 aromatic heterocycles. The SMILES string of the molecule is O=C(NCCCN1CCOCC1)NC1(C(=O)O)CCCC1. The summed E-state index contributed by atoms with van der Waals surface area (Å²) in [6.45, 7) is 4.90. The lowest BCUT2D eigenvalue weighted by Gasteiger charge is -2.27. The normalized spacial score (nSPS) is 21.9. The fraction of sp³-hybridized carbons (Fsp3) is 0.857. The van der Waals surface area contributed by atoms with E-state index in [-0.39, 0.29) is 6.03 Å². The summed E-state index contributed by atoms with van der Waals surface area (Å²) < 4.78 is 5.28. The molecule has 1 saturated carbocycles. The molecule has 0 atom stereocenters. The third kappa shape index (κ3) is 4.57. The quantitative estimate of drug-likeness (QED) is 0.618. The molecule has 7 nitrogen and oxygen atoms in total. The van der Waals surface area contributed by atoms with Gasteiger partial charge in [0.15, 0.2) is 0 Å². The Balaban J connectivity index is 1.63. The number of carbonyl (C=O) groups excluding carboxylic acids is 1. The predicted molar refractivity (Wildman–Crippen MR) is 77.2 cm³/mol. The van der Waals surface area contributed by atoms with Gasteiger partial charge in [0.25, 0.3) is 0 Å². The summed E-state index contributed by atoms with van der Waals surface area (Å²) in [5.74, 6) is -0.927. The lowest BCUT2D eigenvalue weighted by atomic mass is 9.98. The monoisotopic (exact) mass is 299 g/mol. The van der Waals surface area contributed by atoms with Gasteiger partial charge in [-0.3, -0.25) is 4.90 Å². The highest BCUT2D eigenvalue weighted by Crippen LogP contribution is 2.29. The van der Waals surface area contributed by atoms with Crippen LogP contribution in [0.1, 0.15) is 32.1 Å². The summed E-state index contributed by atoms with van der Waals surface area (Å²) in [7, 11) is 0. The smallest absolute Gasteiger partial charge is 0.329 e. The maximum Gasteiger partial charge on any atom is 0.329 e. The molecular weight excluding hydrogens is 274 g/mol. The predicted octanol–water partition coefficient (Wildman–Crippen LogP) is 0.405. The Morgan fingerprint density at radius 1 is 1.19 bits per heavy atom. The highest BCUT2D eigenvalue weighted by atomic mass is 16.5. The second-order valence-corrected chi connectivity index (χ2v) is 5.78. The van der Waals surface area contributed by atoms with Crippen LogP contribution >= 0.6 is 0 Å². The fourth-order valence-electron chi connectivity index (χ4n) is 2.96. The number of aliphatic carboxylic acids is 1. The fourth-order valence-corrected chi connectivity index (χ4v) is 2.96. The Morgan fingerprint density at radius 2 is 1.86 bits per heavy atom. The van der Waals surface area contributed by atoms with Gasteiger partial charge in [0, 0.05) is 19.6 Å². The Bertz CT molecular complexity index is 363. The number of nitrogens with zero attached hydrogens (tertiary/aromatic N) is 1. The zero-order chi connectivity index (χ0) is 15.1. The second kappa shape index (κ2) is 7.61. The van der Waals surface area contributed by atoms with Gasteiger partial charge in [-0.2, -0.15) is 0 Å². The molecule has 3 N–H and O–H groups in total. The van der Waals surface area contributed by atoms with Gasteiger partial charge < -0.3 is 20.5 Å². The molecule has 2 amide bonds. The highest BCUT2D eigenvalue weighted by Gasteiger charge is 2.42. The zero-order valence-electron chi connectivity index (χ0n) is 12.4. The van der Waals surface area contributed by atoms with Gasteiger partial charge in [0.05, 0.1) is 13.2 Å². The third-order valence-corrected chi connectivity index (χ3v) is 4.26. The van der Waals surface area contributed by atoms with Crippen LogP contribution in [-0.4, -0.2) is 66.9 Å². The van der Waals surface area contributed by atoms with Gasteiger partial charge in [-0.15, -0.1) is 0 Å². The molecule has 1 heterocycles. The molecule has 1 aliphatic heterocycles. The molecule has 0 bridgehead atoms. The van der Waals surface area contributed by atoms with E-state index >= 15 is 0 Å². The average molecular weight is 299 g/mol. The second-order valence-electron chi connectivity index (χ2n) is 5.78. The summed E-state index contributed by atoms with van der Waals surface area (Å²) in [4.78, 5) is 25.5. The minimum atomic E-state index is -1.06. The number of nitrogens with one attached hydrogen (secondary N) is 2. The van der Waals surface area contributed by atoms with Gasteiger partial charge in [0.1, 0.15) is 5.54 Å². The topological polar surface area (TPSA) is 90.9 Å². The molecule has 120 valence electrons. The first-order valence-corrected chi connectivity index (χ1v) is 7.72. The van der Waals surface area contributed by atoms with Crippen molar-refractivity contribution in [2.75, 3.05) is 39.4 Å². The van der Waals surface area contributed by atoms with Crippen LogP contribution in [0.3, 0.4) is 0 Å². The van der Waals surface area contributed by atoms with E-state index in [1.165, 1.54) is 0 Å². The van der Waals surface area contributed by atoms with Crippen LogP contribution in [-0.2, 0) is 9.53 Å². The molecule has 2 rings (SSSR count). The summed E-state index contributed by atoms with van der Waals surface area (Å²) in [5.41, 5.74) is -1.06. The third-order valence-electron chi connectivity index (χ3n) is 4.26. The minimum absolute atomic E-state index is 0.374. The average Bonchev–Trinajstić information content (AvgIpc) is 2.94. The summed E-state index contributed by atoms with van der Waals surface area (Å²) in [5, 5.41) is 14.7. The van der Waals surface area contributed by atoms with E-state index in [0.29, 0.717) is 19.4 Å². The van der Waals surface area contributed by atoms with Crippen molar-refractivity contribution in [2.45, 2.75) is 37.6 Å². The molecule has 0 aromatic rings. The van der Waals surface area contributed by atoms with Gasteiger partial charge in [-0.1, -0.05) is 12.8 Å². The largest absolute Gasteiger partial charge is 0.480 e. The van der Waals surface area contributed by atoms with Crippen LogP contribution in [0, 0.1) is 0 Å². The van der Waals surface area contributed by atoms with Crippen molar-refractivity contribution in [1.82, 2.24) is 15.5 Å². The maximum atomic E-state index is 11.8. The molecule has 0 spiro atoms. The van der Waals surface area contributed by atoms with Crippen LogP contribution in [0.4, 0.5) is 4.79 Å². The molecule has 0 aromatic carbocycles. The number of urea groups is 1. The molecular formula is C14H25N3O4. The lowest BCUT2D eigenvalue weighted by molar-refractivity contribution is -0.144. The van der Waals surface area contributed by atoms with E-state index in [9.17, 15) is 14.7 Å². The van der Waals surface area contributed by atoms with Gasteiger partial charge in [0.2, 0.25) is 0 Å². The van der Waals surface area contributed by atoms with E-state index in [1.54, 1.807) is 0 Å². The van der Waals surface area contributed by atoms with Crippen LogP contribution in [0.5, 0.6) is 0 Å². The number of morpholine rings is 1. The van der Waals surface area contributed by atoms with Crippen molar-refractivity contribution < 1.29 is 19.4 Å². The Hall–Kier alpha value is -1.34. The van der Waals surface area contributed by atoms with Crippen molar-refractivity contribution in [3.63, 3.8) is 0 Å². The first kappa shape index (κ1) is 16.0.